The molecule has 0 fully saturated rings. The van der Waals surface area contributed by atoms with Gasteiger partial charge in [-0.15, -0.1) is 0 Å². The minimum absolute atomic E-state index is 0.151. The van der Waals surface area contributed by atoms with Gasteiger partial charge in [-0.2, -0.15) is 0 Å². The van der Waals surface area contributed by atoms with E-state index in [4.69, 9.17) is 11.6 Å². The van der Waals surface area contributed by atoms with Gasteiger partial charge in [0.1, 0.15) is 0 Å². The molecule has 0 bridgehead atoms. The number of halogens is 1. The Morgan fingerprint density at radius 3 is 2.29 bits per heavy atom. The lowest BCUT2D eigenvalue weighted by molar-refractivity contribution is 0.0929. The van der Waals surface area contributed by atoms with Gasteiger partial charge >= 0.3 is 0 Å². The maximum atomic E-state index is 12.4. The van der Waals surface area contributed by atoms with E-state index in [-0.39, 0.29) is 11.8 Å². The standard InChI is InChI=1S/C22H22ClN3O2/c1-2-11-25-26-22(28)16-5-3-15(4-6-16)14-24-21(27)19-8-7-18-13-20(23)10-9-17(18)12-19/h3-10,12-13,25H,2,11,14H2,1H3,(H,24,27)(H,26,28). The number of hydrogen-bond donors (Lipinski definition) is 3. The highest BCUT2D eigenvalue weighted by molar-refractivity contribution is 6.31. The third kappa shape index (κ3) is 5.09. The number of carbonyl (C=O) groups excluding carboxylic acids is 2. The van der Waals surface area contributed by atoms with Gasteiger partial charge in [-0.3, -0.25) is 15.0 Å². The molecule has 3 aromatic rings. The highest BCUT2D eigenvalue weighted by Gasteiger charge is 2.08. The van der Waals surface area contributed by atoms with Crippen molar-refractivity contribution >= 4 is 34.2 Å². The number of hydrogen-bond acceptors (Lipinski definition) is 3. The first-order valence-electron chi connectivity index (χ1n) is 9.16. The average molecular weight is 396 g/mol. The number of nitrogens with one attached hydrogen (secondary N) is 3. The Morgan fingerprint density at radius 1 is 0.857 bits per heavy atom. The molecule has 0 radical (unpaired) electrons. The van der Waals surface area contributed by atoms with Crippen molar-refractivity contribution in [3.8, 4) is 0 Å². The monoisotopic (exact) mass is 395 g/mol. The minimum Gasteiger partial charge on any atom is -0.348 e. The minimum atomic E-state index is -0.180. The maximum absolute atomic E-state index is 12.4. The molecule has 3 aromatic carbocycles. The first-order valence-corrected chi connectivity index (χ1v) is 9.54. The molecule has 0 spiro atoms. The molecular weight excluding hydrogens is 374 g/mol. The SMILES string of the molecule is CCCNNC(=O)c1ccc(CNC(=O)c2ccc3cc(Cl)ccc3c2)cc1. The highest BCUT2D eigenvalue weighted by Crippen LogP contribution is 2.20. The van der Waals surface area contributed by atoms with Crippen LogP contribution in [0.25, 0.3) is 10.8 Å². The molecule has 0 heterocycles. The molecule has 0 unspecified atom stereocenters. The maximum Gasteiger partial charge on any atom is 0.265 e. The van der Waals surface area contributed by atoms with E-state index < -0.39 is 0 Å². The Labute approximate surface area is 169 Å². The largest absolute Gasteiger partial charge is 0.348 e. The molecular formula is C22H22ClN3O2. The fourth-order valence-electron chi connectivity index (χ4n) is 2.76. The van der Waals surface area contributed by atoms with Crippen molar-refractivity contribution in [3.05, 3.63) is 82.4 Å². The van der Waals surface area contributed by atoms with Crippen molar-refractivity contribution < 1.29 is 9.59 Å². The summed E-state index contributed by atoms with van der Waals surface area (Å²) in [5.41, 5.74) is 7.57. The Bertz CT molecular complexity index is 987. The molecule has 0 atom stereocenters. The summed E-state index contributed by atoms with van der Waals surface area (Å²) in [6, 6.07) is 18.2. The Hall–Kier alpha value is -2.89. The van der Waals surface area contributed by atoms with Crippen molar-refractivity contribution in [2.45, 2.75) is 19.9 Å². The van der Waals surface area contributed by atoms with Gasteiger partial charge in [0.05, 0.1) is 0 Å². The summed E-state index contributed by atoms with van der Waals surface area (Å²) < 4.78 is 0. The molecule has 6 heteroatoms. The third-order valence-electron chi connectivity index (χ3n) is 4.31. The fourth-order valence-corrected chi connectivity index (χ4v) is 2.94. The van der Waals surface area contributed by atoms with Crippen molar-refractivity contribution in [2.24, 2.45) is 0 Å². The summed E-state index contributed by atoms with van der Waals surface area (Å²) in [6.07, 6.45) is 0.934. The smallest absolute Gasteiger partial charge is 0.265 e. The third-order valence-corrected chi connectivity index (χ3v) is 4.55. The molecule has 2 amide bonds. The second-order valence-electron chi connectivity index (χ2n) is 6.47. The lowest BCUT2D eigenvalue weighted by Gasteiger charge is -2.09. The topological polar surface area (TPSA) is 70.2 Å². The van der Waals surface area contributed by atoms with Crippen molar-refractivity contribution in [1.29, 1.82) is 0 Å². The molecule has 0 aromatic heterocycles. The molecule has 0 aliphatic heterocycles. The summed E-state index contributed by atoms with van der Waals surface area (Å²) >= 11 is 5.99. The molecule has 0 aliphatic rings. The van der Waals surface area contributed by atoms with E-state index >= 15 is 0 Å². The number of rotatable bonds is 7. The zero-order valence-electron chi connectivity index (χ0n) is 15.6. The van der Waals surface area contributed by atoms with E-state index in [9.17, 15) is 9.59 Å². The summed E-state index contributed by atoms with van der Waals surface area (Å²) in [4.78, 5) is 24.4. The first-order chi connectivity index (χ1) is 13.6. The van der Waals surface area contributed by atoms with Gasteiger partial charge in [0.25, 0.3) is 11.8 Å². The van der Waals surface area contributed by atoms with Crippen LogP contribution in [0.1, 0.15) is 39.6 Å². The van der Waals surface area contributed by atoms with Crippen LogP contribution in [0.3, 0.4) is 0 Å². The van der Waals surface area contributed by atoms with E-state index in [2.05, 4.69) is 16.2 Å². The number of fused-ring (bicyclic) bond motifs is 1. The van der Waals surface area contributed by atoms with Crippen LogP contribution in [0.15, 0.2) is 60.7 Å². The molecule has 0 saturated heterocycles. The molecule has 3 rings (SSSR count). The van der Waals surface area contributed by atoms with Gasteiger partial charge in [-0.05, 0) is 59.2 Å². The van der Waals surface area contributed by atoms with E-state index in [0.29, 0.717) is 22.7 Å². The van der Waals surface area contributed by atoms with Crippen LogP contribution >= 0.6 is 11.6 Å². The second-order valence-corrected chi connectivity index (χ2v) is 6.90. The van der Waals surface area contributed by atoms with E-state index in [1.165, 1.54) is 0 Å². The van der Waals surface area contributed by atoms with E-state index in [1.807, 2.05) is 43.3 Å². The van der Waals surface area contributed by atoms with Crippen LogP contribution in [0.5, 0.6) is 0 Å². The predicted molar refractivity (Wildman–Crippen MR) is 112 cm³/mol. The molecule has 5 nitrogen and oxygen atoms in total. The van der Waals surface area contributed by atoms with Crippen LogP contribution in [0.2, 0.25) is 5.02 Å². The van der Waals surface area contributed by atoms with Crippen LogP contribution in [-0.2, 0) is 6.54 Å². The average Bonchev–Trinajstić information content (AvgIpc) is 2.72. The van der Waals surface area contributed by atoms with Crippen molar-refractivity contribution in [2.75, 3.05) is 6.54 Å². The number of carbonyl (C=O) groups is 2. The van der Waals surface area contributed by atoms with Crippen molar-refractivity contribution in [1.82, 2.24) is 16.2 Å². The number of hydrazine groups is 1. The fraction of sp³-hybridized carbons (Fsp3) is 0.182. The van der Waals surface area contributed by atoms with Crippen molar-refractivity contribution in [3.63, 3.8) is 0 Å². The Morgan fingerprint density at radius 2 is 1.54 bits per heavy atom. The predicted octanol–water partition coefficient (Wildman–Crippen LogP) is 4.07. The Kier molecular flexibility index (Phi) is 6.63. The lowest BCUT2D eigenvalue weighted by atomic mass is 10.1. The first kappa shape index (κ1) is 19.9. The Balaban J connectivity index is 1.58. The molecule has 0 aliphatic carbocycles. The quantitative estimate of drug-likeness (QED) is 0.417. The van der Waals surface area contributed by atoms with Crippen LogP contribution < -0.4 is 16.2 Å². The van der Waals surface area contributed by atoms with E-state index in [1.54, 1.807) is 24.3 Å². The highest BCUT2D eigenvalue weighted by atomic mass is 35.5. The van der Waals surface area contributed by atoms with Crippen LogP contribution in [0.4, 0.5) is 0 Å². The van der Waals surface area contributed by atoms with Gasteiger partial charge in [0, 0.05) is 29.2 Å². The summed E-state index contributed by atoms with van der Waals surface area (Å²) in [6.45, 7) is 3.13. The number of amides is 2. The number of benzene rings is 3. The van der Waals surface area contributed by atoms with Gasteiger partial charge in [-0.25, -0.2) is 5.43 Å². The second kappa shape index (κ2) is 9.35. The van der Waals surface area contributed by atoms with E-state index in [0.717, 1.165) is 29.3 Å². The normalized spacial score (nSPS) is 10.6. The van der Waals surface area contributed by atoms with Gasteiger partial charge < -0.3 is 5.32 Å². The molecule has 3 N–H and O–H groups in total. The lowest BCUT2D eigenvalue weighted by Crippen LogP contribution is -2.37. The van der Waals surface area contributed by atoms with Gasteiger partial charge in [-0.1, -0.05) is 42.8 Å². The molecule has 144 valence electrons. The zero-order valence-corrected chi connectivity index (χ0v) is 16.3. The molecule has 28 heavy (non-hydrogen) atoms. The van der Waals surface area contributed by atoms with Crippen LogP contribution in [-0.4, -0.2) is 18.4 Å². The van der Waals surface area contributed by atoms with Gasteiger partial charge in [0.15, 0.2) is 0 Å². The van der Waals surface area contributed by atoms with Gasteiger partial charge in [0.2, 0.25) is 0 Å². The van der Waals surface area contributed by atoms with Crippen LogP contribution in [0, 0.1) is 0 Å². The summed E-state index contributed by atoms with van der Waals surface area (Å²) in [5.74, 6) is -0.331. The summed E-state index contributed by atoms with van der Waals surface area (Å²) in [7, 11) is 0. The zero-order chi connectivity index (χ0) is 19.9. The summed E-state index contributed by atoms with van der Waals surface area (Å²) in [5, 5.41) is 5.53. The molecule has 0 saturated carbocycles.